The molecule has 108 valence electrons. The minimum Gasteiger partial charge on any atom is -0.459 e. The average molecular weight is 305 g/mol. The third-order valence-corrected chi connectivity index (χ3v) is 3.71. The van der Waals surface area contributed by atoms with E-state index in [1.54, 1.807) is 25.1 Å². The van der Waals surface area contributed by atoms with E-state index in [9.17, 15) is 4.39 Å². The van der Waals surface area contributed by atoms with Gasteiger partial charge in [0.25, 0.3) is 0 Å². The summed E-state index contributed by atoms with van der Waals surface area (Å²) >= 11 is 5.97. The van der Waals surface area contributed by atoms with Crippen LogP contribution in [0.3, 0.4) is 0 Å². The molecule has 1 atom stereocenters. The maximum atomic E-state index is 13.7. The Hall–Kier alpha value is -1.88. The number of furan rings is 1. The number of halogens is 2. The van der Waals surface area contributed by atoms with Crippen molar-refractivity contribution in [3.63, 3.8) is 0 Å². The Morgan fingerprint density at radius 3 is 2.71 bits per heavy atom. The third kappa shape index (κ3) is 2.65. The molecule has 1 aromatic heterocycles. The van der Waals surface area contributed by atoms with Crippen LogP contribution in [0.2, 0.25) is 5.02 Å². The molecule has 0 radical (unpaired) electrons. The Morgan fingerprint density at radius 2 is 2.00 bits per heavy atom. The molecule has 3 rings (SSSR count). The number of hydrazine groups is 1. The molecule has 2 aromatic carbocycles. The zero-order valence-electron chi connectivity index (χ0n) is 11.4. The van der Waals surface area contributed by atoms with Gasteiger partial charge in [-0.05, 0) is 48.4 Å². The number of rotatable bonds is 3. The fourth-order valence-corrected chi connectivity index (χ4v) is 2.49. The molecule has 1 unspecified atom stereocenters. The van der Waals surface area contributed by atoms with Crippen molar-refractivity contribution in [2.45, 2.75) is 13.0 Å². The maximum absolute atomic E-state index is 13.7. The first-order valence-electron chi connectivity index (χ1n) is 6.49. The van der Waals surface area contributed by atoms with E-state index in [-0.39, 0.29) is 5.82 Å². The number of nitrogens with one attached hydrogen (secondary N) is 1. The molecule has 3 aromatic rings. The van der Waals surface area contributed by atoms with Crippen molar-refractivity contribution in [2.24, 2.45) is 5.84 Å². The molecular formula is C16H14ClFN2O. The molecule has 0 saturated heterocycles. The quantitative estimate of drug-likeness (QED) is 0.566. The molecule has 0 aliphatic rings. The fourth-order valence-electron chi connectivity index (χ4n) is 2.31. The summed E-state index contributed by atoms with van der Waals surface area (Å²) < 4.78 is 19.5. The minimum atomic E-state index is -0.425. The van der Waals surface area contributed by atoms with Crippen molar-refractivity contribution in [1.29, 1.82) is 0 Å². The van der Waals surface area contributed by atoms with E-state index in [0.29, 0.717) is 27.5 Å². The second kappa shape index (κ2) is 5.48. The normalized spacial score (nSPS) is 12.8. The Balaban J connectivity index is 2.06. The van der Waals surface area contributed by atoms with Gasteiger partial charge in [-0.15, -0.1) is 0 Å². The van der Waals surface area contributed by atoms with Crippen LogP contribution in [0.1, 0.15) is 22.9 Å². The van der Waals surface area contributed by atoms with Crippen molar-refractivity contribution in [2.75, 3.05) is 0 Å². The second-order valence-corrected chi connectivity index (χ2v) is 5.38. The topological polar surface area (TPSA) is 51.2 Å². The van der Waals surface area contributed by atoms with Gasteiger partial charge in [0, 0.05) is 10.4 Å². The van der Waals surface area contributed by atoms with Crippen LogP contribution < -0.4 is 11.3 Å². The van der Waals surface area contributed by atoms with Gasteiger partial charge in [0.1, 0.15) is 23.2 Å². The number of nitrogens with two attached hydrogens (primary N) is 1. The van der Waals surface area contributed by atoms with Gasteiger partial charge in [-0.2, -0.15) is 0 Å². The van der Waals surface area contributed by atoms with Gasteiger partial charge in [-0.25, -0.2) is 9.82 Å². The molecule has 3 N–H and O–H groups in total. The highest BCUT2D eigenvalue weighted by Crippen LogP contribution is 2.30. The van der Waals surface area contributed by atoms with E-state index < -0.39 is 6.04 Å². The molecule has 0 fully saturated rings. The second-order valence-electron chi connectivity index (χ2n) is 4.94. The lowest BCUT2D eigenvalue weighted by Crippen LogP contribution is -2.28. The van der Waals surface area contributed by atoms with Crippen LogP contribution in [0.5, 0.6) is 0 Å². The summed E-state index contributed by atoms with van der Waals surface area (Å²) in [5.74, 6) is 5.96. The minimum absolute atomic E-state index is 0.271. The van der Waals surface area contributed by atoms with E-state index in [4.69, 9.17) is 21.9 Å². The van der Waals surface area contributed by atoms with Crippen molar-refractivity contribution >= 4 is 22.6 Å². The van der Waals surface area contributed by atoms with E-state index in [1.165, 1.54) is 6.07 Å². The molecule has 0 amide bonds. The van der Waals surface area contributed by atoms with E-state index in [0.717, 1.165) is 5.39 Å². The highest BCUT2D eigenvalue weighted by atomic mass is 35.5. The monoisotopic (exact) mass is 304 g/mol. The standard InChI is InChI=1S/C16H14ClFN2O/c1-9-2-3-10(7-13(9)18)16(20-19)15-8-11-6-12(17)4-5-14(11)21-15/h2-8,16,20H,19H2,1H3. The molecule has 3 nitrogen and oxygen atoms in total. The SMILES string of the molecule is Cc1ccc(C(NN)c2cc3cc(Cl)ccc3o2)cc1F. The van der Waals surface area contributed by atoms with Crippen LogP contribution in [-0.4, -0.2) is 0 Å². The highest BCUT2D eigenvalue weighted by molar-refractivity contribution is 6.31. The Kier molecular flexibility index (Phi) is 3.68. The maximum Gasteiger partial charge on any atom is 0.134 e. The van der Waals surface area contributed by atoms with E-state index >= 15 is 0 Å². The molecule has 0 aliphatic carbocycles. The van der Waals surface area contributed by atoms with Crippen LogP contribution in [0.25, 0.3) is 11.0 Å². The van der Waals surface area contributed by atoms with Gasteiger partial charge in [-0.1, -0.05) is 23.7 Å². The van der Waals surface area contributed by atoms with Gasteiger partial charge in [0.2, 0.25) is 0 Å². The van der Waals surface area contributed by atoms with Gasteiger partial charge in [0.15, 0.2) is 0 Å². The van der Waals surface area contributed by atoms with Crippen LogP contribution in [0.15, 0.2) is 46.9 Å². The zero-order chi connectivity index (χ0) is 15.0. The van der Waals surface area contributed by atoms with Crippen LogP contribution >= 0.6 is 11.6 Å². The van der Waals surface area contributed by atoms with E-state index in [1.807, 2.05) is 18.2 Å². The number of fused-ring (bicyclic) bond motifs is 1. The fraction of sp³-hybridized carbons (Fsp3) is 0.125. The Morgan fingerprint density at radius 1 is 1.19 bits per heavy atom. The lowest BCUT2D eigenvalue weighted by atomic mass is 10.0. The van der Waals surface area contributed by atoms with E-state index in [2.05, 4.69) is 5.43 Å². The lowest BCUT2D eigenvalue weighted by Gasteiger charge is -2.14. The molecule has 0 spiro atoms. The first-order chi connectivity index (χ1) is 10.1. The highest BCUT2D eigenvalue weighted by Gasteiger charge is 2.18. The summed E-state index contributed by atoms with van der Waals surface area (Å²) in [5, 5.41) is 1.51. The molecule has 1 heterocycles. The van der Waals surface area contributed by atoms with Gasteiger partial charge in [0.05, 0.1) is 0 Å². The van der Waals surface area contributed by atoms with Crippen molar-refractivity contribution in [3.05, 3.63) is 70.2 Å². The molecule has 0 bridgehead atoms. The van der Waals surface area contributed by atoms with Gasteiger partial charge < -0.3 is 4.42 Å². The lowest BCUT2D eigenvalue weighted by molar-refractivity contribution is 0.475. The number of benzene rings is 2. The number of hydrogen-bond acceptors (Lipinski definition) is 3. The molecule has 5 heteroatoms. The molecule has 0 aliphatic heterocycles. The summed E-state index contributed by atoms with van der Waals surface area (Å²) in [5.41, 5.74) is 4.66. The first-order valence-corrected chi connectivity index (χ1v) is 6.87. The van der Waals surface area contributed by atoms with Gasteiger partial charge in [-0.3, -0.25) is 5.84 Å². The van der Waals surface area contributed by atoms with Crippen LogP contribution in [-0.2, 0) is 0 Å². The number of aryl methyl sites for hydroxylation is 1. The summed E-state index contributed by atoms with van der Waals surface area (Å²) in [6.07, 6.45) is 0. The molecule has 21 heavy (non-hydrogen) atoms. The summed E-state index contributed by atoms with van der Waals surface area (Å²) in [6, 6.07) is 11.8. The largest absolute Gasteiger partial charge is 0.459 e. The predicted octanol–water partition coefficient (Wildman–Crippen LogP) is 4.09. The average Bonchev–Trinajstić information content (AvgIpc) is 2.86. The number of hydrogen-bond donors (Lipinski definition) is 2. The van der Waals surface area contributed by atoms with Crippen molar-refractivity contribution in [3.8, 4) is 0 Å². The summed E-state index contributed by atoms with van der Waals surface area (Å²) in [4.78, 5) is 0. The van der Waals surface area contributed by atoms with Crippen molar-refractivity contribution in [1.82, 2.24) is 5.43 Å². The van der Waals surface area contributed by atoms with Gasteiger partial charge >= 0.3 is 0 Å². The molecular weight excluding hydrogens is 291 g/mol. The van der Waals surface area contributed by atoms with Crippen LogP contribution in [0.4, 0.5) is 4.39 Å². The predicted molar refractivity (Wildman–Crippen MR) is 81.5 cm³/mol. The zero-order valence-corrected chi connectivity index (χ0v) is 12.1. The molecule has 0 saturated carbocycles. The smallest absolute Gasteiger partial charge is 0.134 e. The van der Waals surface area contributed by atoms with Crippen LogP contribution in [0, 0.1) is 12.7 Å². The third-order valence-electron chi connectivity index (χ3n) is 3.48. The summed E-state index contributed by atoms with van der Waals surface area (Å²) in [7, 11) is 0. The van der Waals surface area contributed by atoms with Crippen molar-refractivity contribution < 1.29 is 8.81 Å². The Labute approximate surface area is 126 Å². The Bertz CT molecular complexity index is 800. The first kappa shape index (κ1) is 14.1. The summed E-state index contributed by atoms with van der Waals surface area (Å²) in [6.45, 7) is 1.72.